The maximum Gasteiger partial charge on any atom is 0.194 e. The lowest BCUT2D eigenvalue weighted by Crippen LogP contribution is -2.40. The fourth-order valence-electron chi connectivity index (χ4n) is 3.07. The van der Waals surface area contributed by atoms with Gasteiger partial charge in [-0.15, -0.1) is 21.5 Å². The summed E-state index contributed by atoms with van der Waals surface area (Å²) < 4.78 is 2.00. The van der Waals surface area contributed by atoms with Gasteiger partial charge >= 0.3 is 0 Å². The van der Waals surface area contributed by atoms with Gasteiger partial charge in [0.25, 0.3) is 0 Å². The average molecular weight is 361 g/mol. The van der Waals surface area contributed by atoms with Crippen molar-refractivity contribution in [3.8, 4) is 0 Å². The van der Waals surface area contributed by atoms with E-state index in [-0.39, 0.29) is 0 Å². The molecule has 1 unspecified atom stereocenters. The van der Waals surface area contributed by atoms with E-state index in [4.69, 9.17) is 4.99 Å². The van der Waals surface area contributed by atoms with Gasteiger partial charge in [0.05, 0.1) is 6.54 Å². The Morgan fingerprint density at radius 1 is 1.44 bits per heavy atom. The second-order valence-corrected chi connectivity index (χ2v) is 8.16. The third kappa shape index (κ3) is 4.21. The Morgan fingerprint density at radius 2 is 2.28 bits per heavy atom. The third-order valence-electron chi connectivity index (χ3n) is 5.26. The molecule has 0 saturated carbocycles. The molecule has 7 heteroatoms. The van der Waals surface area contributed by atoms with Gasteiger partial charge in [0, 0.05) is 25.0 Å². The molecule has 6 nitrogen and oxygen atoms in total. The third-order valence-corrected chi connectivity index (χ3v) is 6.14. The highest BCUT2D eigenvalue weighted by Gasteiger charge is 2.33. The van der Waals surface area contributed by atoms with Crippen LogP contribution in [0.2, 0.25) is 0 Å². The number of nitrogens with one attached hydrogen (secondary N) is 1. The van der Waals surface area contributed by atoms with Gasteiger partial charge in [-0.2, -0.15) is 0 Å². The van der Waals surface area contributed by atoms with Crippen molar-refractivity contribution in [3.05, 3.63) is 34.0 Å². The van der Waals surface area contributed by atoms with E-state index in [1.54, 1.807) is 11.3 Å². The lowest BCUT2D eigenvalue weighted by molar-refractivity contribution is 0.321. The minimum Gasteiger partial charge on any atom is -0.351 e. The lowest BCUT2D eigenvalue weighted by atomic mass is 9.87. The molecule has 1 atom stereocenters. The van der Waals surface area contributed by atoms with Crippen LogP contribution in [-0.2, 0) is 20.1 Å². The zero-order valence-electron chi connectivity index (χ0n) is 15.6. The standard InChI is InChI=1S/C18H28N6S/c1-5-18(3)8-9-24(13-18)17(19-11-15-7-6-10-25-15)20-12-16-22-21-14(2)23(16)4/h6-7,10H,5,8-9,11-13H2,1-4H3,(H,19,20). The Bertz CT molecular complexity index is 720. The minimum atomic E-state index is 0.382. The summed E-state index contributed by atoms with van der Waals surface area (Å²) in [5.74, 6) is 2.79. The highest BCUT2D eigenvalue weighted by atomic mass is 32.1. The van der Waals surface area contributed by atoms with Crippen LogP contribution < -0.4 is 5.32 Å². The first-order valence-corrected chi connectivity index (χ1v) is 9.79. The molecule has 2 aromatic rings. The first-order chi connectivity index (χ1) is 12.0. The maximum absolute atomic E-state index is 4.86. The number of hydrogen-bond donors (Lipinski definition) is 1. The number of rotatable bonds is 5. The number of likely N-dealkylation sites (tertiary alicyclic amines) is 1. The number of thiophene rings is 1. The normalized spacial score (nSPS) is 21.1. The van der Waals surface area contributed by atoms with Crippen molar-refractivity contribution in [1.29, 1.82) is 0 Å². The predicted octanol–water partition coefficient (Wildman–Crippen LogP) is 2.95. The summed E-state index contributed by atoms with van der Waals surface area (Å²) in [4.78, 5) is 8.57. The first kappa shape index (κ1) is 17.9. The lowest BCUT2D eigenvalue weighted by Gasteiger charge is -2.25. The molecular formula is C18H28N6S. The Balaban J connectivity index is 1.73. The van der Waals surface area contributed by atoms with Crippen molar-refractivity contribution in [1.82, 2.24) is 25.0 Å². The van der Waals surface area contributed by atoms with Gasteiger partial charge < -0.3 is 14.8 Å². The number of aromatic nitrogens is 3. The zero-order chi connectivity index (χ0) is 17.9. The van der Waals surface area contributed by atoms with Crippen LogP contribution in [0.3, 0.4) is 0 Å². The monoisotopic (exact) mass is 360 g/mol. The van der Waals surface area contributed by atoms with Crippen molar-refractivity contribution in [2.24, 2.45) is 17.5 Å². The molecule has 1 saturated heterocycles. The van der Waals surface area contributed by atoms with Crippen molar-refractivity contribution < 1.29 is 0 Å². The van der Waals surface area contributed by atoms with E-state index in [2.05, 4.69) is 51.8 Å². The smallest absolute Gasteiger partial charge is 0.194 e. The molecule has 1 fully saturated rings. The van der Waals surface area contributed by atoms with E-state index in [9.17, 15) is 0 Å². The molecule has 136 valence electrons. The van der Waals surface area contributed by atoms with E-state index in [1.165, 1.54) is 17.7 Å². The Morgan fingerprint density at radius 3 is 2.88 bits per heavy atom. The summed E-state index contributed by atoms with van der Waals surface area (Å²) in [6, 6.07) is 4.24. The summed E-state index contributed by atoms with van der Waals surface area (Å²) in [7, 11) is 1.99. The summed E-state index contributed by atoms with van der Waals surface area (Å²) in [6.07, 6.45) is 2.41. The maximum atomic E-state index is 4.86. The van der Waals surface area contributed by atoms with Crippen molar-refractivity contribution >= 4 is 17.3 Å². The molecule has 3 heterocycles. The molecule has 25 heavy (non-hydrogen) atoms. The molecule has 2 aromatic heterocycles. The molecule has 3 rings (SSSR count). The summed E-state index contributed by atoms with van der Waals surface area (Å²) >= 11 is 1.77. The molecule has 1 N–H and O–H groups in total. The van der Waals surface area contributed by atoms with Crippen LogP contribution in [0.1, 0.15) is 43.2 Å². The molecule has 0 radical (unpaired) electrons. The van der Waals surface area contributed by atoms with Crippen LogP contribution in [0.5, 0.6) is 0 Å². The molecule has 1 aliphatic rings. The Hall–Kier alpha value is -1.89. The van der Waals surface area contributed by atoms with Crippen LogP contribution in [0.25, 0.3) is 0 Å². The topological polar surface area (TPSA) is 58.3 Å². The molecule has 0 aromatic carbocycles. The van der Waals surface area contributed by atoms with Crippen LogP contribution in [-0.4, -0.2) is 38.7 Å². The molecule has 0 bridgehead atoms. The van der Waals surface area contributed by atoms with E-state index >= 15 is 0 Å². The minimum absolute atomic E-state index is 0.382. The van der Waals surface area contributed by atoms with Crippen LogP contribution in [0, 0.1) is 12.3 Å². The summed E-state index contributed by atoms with van der Waals surface area (Å²) in [5, 5.41) is 14.0. The van der Waals surface area contributed by atoms with Gasteiger partial charge in [-0.25, -0.2) is 4.99 Å². The SMILES string of the molecule is CCC1(C)CCN(C(=NCc2nnc(C)n2C)NCc2cccs2)C1. The number of hydrogen-bond acceptors (Lipinski definition) is 4. The molecule has 0 aliphatic carbocycles. The van der Waals surface area contributed by atoms with Gasteiger partial charge in [-0.1, -0.05) is 19.9 Å². The number of aryl methyl sites for hydroxylation is 1. The van der Waals surface area contributed by atoms with Crippen LogP contribution in [0.4, 0.5) is 0 Å². The zero-order valence-corrected chi connectivity index (χ0v) is 16.4. The van der Waals surface area contributed by atoms with E-state index < -0.39 is 0 Å². The summed E-state index contributed by atoms with van der Waals surface area (Å²) in [5.41, 5.74) is 0.382. The quantitative estimate of drug-likeness (QED) is 0.658. The van der Waals surface area contributed by atoms with Crippen molar-refractivity contribution in [2.75, 3.05) is 13.1 Å². The van der Waals surface area contributed by atoms with Gasteiger partial charge in [-0.3, -0.25) is 0 Å². The molecular weight excluding hydrogens is 332 g/mol. The van der Waals surface area contributed by atoms with Gasteiger partial charge in [0.2, 0.25) is 0 Å². The number of aliphatic imine (C=N–C) groups is 1. The fraction of sp³-hybridized carbons (Fsp3) is 0.611. The van der Waals surface area contributed by atoms with Crippen molar-refractivity contribution in [2.45, 2.75) is 46.7 Å². The van der Waals surface area contributed by atoms with E-state index in [1.807, 2.05) is 18.5 Å². The second kappa shape index (κ2) is 7.56. The van der Waals surface area contributed by atoms with Gasteiger partial charge in [0.1, 0.15) is 12.4 Å². The number of guanidine groups is 1. The average Bonchev–Trinajstić information content (AvgIpc) is 3.33. The van der Waals surface area contributed by atoms with E-state index in [0.717, 1.165) is 37.2 Å². The highest BCUT2D eigenvalue weighted by Crippen LogP contribution is 2.33. The predicted molar refractivity (Wildman–Crippen MR) is 103 cm³/mol. The van der Waals surface area contributed by atoms with Crippen molar-refractivity contribution in [3.63, 3.8) is 0 Å². The van der Waals surface area contributed by atoms with E-state index in [0.29, 0.717) is 12.0 Å². The van der Waals surface area contributed by atoms with Crippen LogP contribution in [0.15, 0.2) is 22.5 Å². The molecule has 1 aliphatic heterocycles. The Kier molecular flexibility index (Phi) is 5.42. The Labute approximate surface area is 154 Å². The first-order valence-electron chi connectivity index (χ1n) is 8.91. The van der Waals surface area contributed by atoms with Gasteiger partial charge in [-0.05, 0) is 36.6 Å². The van der Waals surface area contributed by atoms with Gasteiger partial charge in [0.15, 0.2) is 11.8 Å². The summed E-state index contributed by atoms with van der Waals surface area (Å²) in [6.45, 7) is 10.1. The van der Waals surface area contributed by atoms with Crippen LogP contribution >= 0.6 is 11.3 Å². The second-order valence-electron chi connectivity index (χ2n) is 7.13. The largest absolute Gasteiger partial charge is 0.351 e. The number of nitrogens with zero attached hydrogens (tertiary/aromatic N) is 5. The molecule has 0 amide bonds. The highest BCUT2D eigenvalue weighted by molar-refractivity contribution is 7.09. The fourth-order valence-corrected chi connectivity index (χ4v) is 3.72. The molecule has 0 spiro atoms.